The number of aryl methyl sites for hydroxylation is 1. The van der Waals surface area contributed by atoms with E-state index in [2.05, 4.69) is 0 Å². The van der Waals surface area contributed by atoms with E-state index in [1.165, 1.54) is 5.06 Å². The zero-order valence-corrected chi connectivity index (χ0v) is 13.7. The Morgan fingerprint density at radius 2 is 1.72 bits per heavy atom. The maximum atomic E-state index is 12.6. The van der Waals surface area contributed by atoms with Gasteiger partial charge < -0.3 is 0 Å². The molecule has 6 nitrogen and oxygen atoms in total. The second-order valence-corrected chi connectivity index (χ2v) is 6.08. The van der Waals surface area contributed by atoms with Crippen LogP contribution in [-0.2, 0) is 4.84 Å². The van der Waals surface area contributed by atoms with Gasteiger partial charge in [0.2, 0.25) is 0 Å². The maximum absolute atomic E-state index is 12.6. The minimum Gasteiger partial charge on any atom is -0.271 e. The van der Waals surface area contributed by atoms with E-state index in [0.29, 0.717) is 41.1 Å². The number of benzene rings is 2. The average molecular weight is 336 g/mol. The van der Waals surface area contributed by atoms with Crippen molar-refractivity contribution in [1.82, 2.24) is 5.06 Å². The summed E-state index contributed by atoms with van der Waals surface area (Å²) >= 11 is 0. The molecule has 1 saturated heterocycles. The fourth-order valence-electron chi connectivity index (χ4n) is 3.19. The summed E-state index contributed by atoms with van der Waals surface area (Å²) in [5.74, 6) is -0.896. The molecule has 1 fully saturated rings. The van der Waals surface area contributed by atoms with Crippen molar-refractivity contribution in [2.45, 2.75) is 13.3 Å². The summed E-state index contributed by atoms with van der Waals surface area (Å²) in [5, 5.41) is 1.35. The lowest BCUT2D eigenvalue weighted by Crippen LogP contribution is -2.30. The Kier molecular flexibility index (Phi) is 3.62. The van der Waals surface area contributed by atoms with E-state index in [-0.39, 0.29) is 17.7 Å². The second-order valence-electron chi connectivity index (χ2n) is 6.08. The van der Waals surface area contributed by atoms with Gasteiger partial charge in [-0.3, -0.25) is 19.2 Å². The lowest BCUT2D eigenvalue weighted by molar-refractivity contribution is -0.0768. The van der Waals surface area contributed by atoms with Crippen LogP contribution in [0.2, 0.25) is 0 Å². The number of hydroxylamine groups is 2. The summed E-state index contributed by atoms with van der Waals surface area (Å²) in [6, 6.07) is 11.7. The number of hydrogen-bond donors (Lipinski definition) is 0. The zero-order valence-electron chi connectivity index (χ0n) is 13.7. The van der Waals surface area contributed by atoms with Gasteiger partial charge in [0.05, 0.1) is 30.0 Å². The van der Waals surface area contributed by atoms with Crippen LogP contribution in [0, 0.1) is 6.92 Å². The van der Waals surface area contributed by atoms with Crippen LogP contribution in [0.1, 0.15) is 43.1 Å². The van der Waals surface area contributed by atoms with Crippen LogP contribution in [0.25, 0.3) is 0 Å². The van der Waals surface area contributed by atoms with Gasteiger partial charge in [0.15, 0.2) is 0 Å². The van der Waals surface area contributed by atoms with Crippen molar-refractivity contribution in [3.8, 4) is 0 Å². The van der Waals surface area contributed by atoms with E-state index in [0.717, 1.165) is 11.3 Å². The smallest absolute Gasteiger partial charge is 0.271 e. The van der Waals surface area contributed by atoms with E-state index in [4.69, 9.17) is 4.84 Å². The molecule has 0 saturated carbocycles. The van der Waals surface area contributed by atoms with Gasteiger partial charge in [-0.2, -0.15) is 0 Å². The number of rotatable bonds is 2. The van der Waals surface area contributed by atoms with Crippen LogP contribution in [0.5, 0.6) is 0 Å². The Hall–Kier alpha value is -2.99. The maximum Gasteiger partial charge on any atom is 0.277 e. The topological polar surface area (TPSA) is 66.9 Å². The molecular formula is C19H16N2O4. The summed E-state index contributed by atoms with van der Waals surface area (Å²) in [4.78, 5) is 44.0. The molecule has 2 aromatic carbocycles. The highest BCUT2D eigenvalue weighted by atomic mass is 16.7. The molecule has 0 spiro atoms. The predicted octanol–water partition coefficient (Wildman–Crippen LogP) is 2.57. The third kappa shape index (κ3) is 2.42. The fourth-order valence-corrected chi connectivity index (χ4v) is 3.19. The number of imide groups is 1. The van der Waals surface area contributed by atoms with Crippen LogP contribution in [0.4, 0.5) is 5.69 Å². The van der Waals surface area contributed by atoms with Gasteiger partial charge in [-0.05, 0) is 49.2 Å². The van der Waals surface area contributed by atoms with Crippen molar-refractivity contribution in [3.05, 3.63) is 64.7 Å². The van der Waals surface area contributed by atoms with Gasteiger partial charge in [-0.15, -0.1) is 0 Å². The normalized spacial score (nSPS) is 16.5. The first-order valence-corrected chi connectivity index (χ1v) is 8.11. The van der Waals surface area contributed by atoms with Gasteiger partial charge in [0, 0.05) is 5.56 Å². The molecule has 4 rings (SSSR count). The molecule has 2 aliphatic heterocycles. The highest BCUT2D eigenvalue weighted by Gasteiger charge is 2.36. The highest BCUT2D eigenvalue weighted by Crippen LogP contribution is 2.30. The molecule has 0 aromatic heterocycles. The van der Waals surface area contributed by atoms with E-state index >= 15 is 0 Å². The first-order valence-electron chi connectivity index (χ1n) is 8.11. The van der Waals surface area contributed by atoms with Crippen molar-refractivity contribution >= 4 is 23.4 Å². The van der Waals surface area contributed by atoms with E-state index in [9.17, 15) is 14.4 Å². The number of amides is 3. The lowest BCUT2D eigenvalue weighted by Gasteiger charge is -2.18. The van der Waals surface area contributed by atoms with Crippen molar-refractivity contribution in [2.75, 3.05) is 18.1 Å². The molecule has 25 heavy (non-hydrogen) atoms. The monoisotopic (exact) mass is 336 g/mol. The Morgan fingerprint density at radius 3 is 2.28 bits per heavy atom. The highest BCUT2D eigenvalue weighted by molar-refractivity contribution is 6.34. The largest absolute Gasteiger partial charge is 0.277 e. The Labute approximate surface area is 144 Å². The van der Waals surface area contributed by atoms with E-state index in [1.807, 2.05) is 0 Å². The van der Waals surface area contributed by atoms with Crippen LogP contribution in [-0.4, -0.2) is 35.9 Å². The number of hydrogen-bond acceptors (Lipinski definition) is 4. The number of carbonyl (C=O) groups is 3. The average Bonchev–Trinajstić information content (AvgIpc) is 3.23. The van der Waals surface area contributed by atoms with Gasteiger partial charge in [0.1, 0.15) is 0 Å². The third-order valence-corrected chi connectivity index (χ3v) is 4.47. The molecule has 2 aliphatic rings. The van der Waals surface area contributed by atoms with Crippen molar-refractivity contribution < 1.29 is 19.2 Å². The number of nitrogens with zero attached hydrogens (tertiary/aromatic N) is 2. The molecule has 2 heterocycles. The Morgan fingerprint density at radius 1 is 1.04 bits per heavy atom. The van der Waals surface area contributed by atoms with Crippen molar-refractivity contribution in [3.63, 3.8) is 0 Å². The molecule has 0 radical (unpaired) electrons. The van der Waals surface area contributed by atoms with Crippen molar-refractivity contribution in [1.29, 1.82) is 0 Å². The molecule has 0 bridgehead atoms. The molecular weight excluding hydrogens is 320 g/mol. The minimum atomic E-state index is -0.345. The zero-order chi connectivity index (χ0) is 17.6. The van der Waals surface area contributed by atoms with Gasteiger partial charge in [0.25, 0.3) is 17.7 Å². The first-order chi connectivity index (χ1) is 12.1. The van der Waals surface area contributed by atoms with Crippen LogP contribution in [0.15, 0.2) is 42.5 Å². The van der Waals surface area contributed by atoms with Crippen LogP contribution in [0.3, 0.4) is 0 Å². The summed E-state index contributed by atoms with van der Waals surface area (Å²) < 4.78 is 0. The second kappa shape index (κ2) is 5.82. The number of fused-ring (bicyclic) bond motifs is 1. The van der Waals surface area contributed by atoms with E-state index in [1.54, 1.807) is 49.4 Å². The molecule has 126 valence electrons. The van der Waals surface area contributed by atoms with Gasteiger partial charge >= 0.3 is 0 Å². The summed E-state index contributed by atoms with van der Waals surface area (Å²) in [6.07, 6.45) is 0.817. The van der Waals surface area contributed by atoms with Gasteiger partial charge in [-0.1, -0.05) is 12.1 Å². The quantitative estimate of drug-likeness (QED) is 0.791. The molecule has 2 aromatic rings. The molecule has 0 atom stereocenters. The summed E-state index contributed by atoms with van der Waals surface area (Å²) in [6.45, 7) is 2.89. The lowest BCUT2D eigenvalue weighted by atomic mass is 10.1. The molecule has 0 aliphatic carbocycles. The minimum absolute atomic E-state index is 0.205. The molecule has 6 heteroatoms. The van der Waals surface area contributed by atoms with Crippen molar-refractivity contribution in [2.24, 2.45) is 0 Å². The van der Waals surface area contributed by atoms with Gasteiger partial charge in [-0.25, -0.2) is 9.96 Å². The molecule has 0 unspecified atom stereocenters. The Bertz CT molecular complexity index is 865. The van der Waals surface area contributed by atoms with Crippen LogP contribution >= 0.6 is 0 Å². The fraction of sp³-hybridized carbons (Fsp3) is 0.211. The standard InChI is InChI=1S/C19H16N2O4/c1-12-11-13(7-8-14(12)17(22)20-9-4-10-25-20)21-18(23)15-5-2-3-6-16(15)19(21)24/h2-3,5-8,11H,4,9-10H2,1H3. The van der Waals surface area contributed by atoms with E-state index < -0.39 is 0 Å². The van der Waals surface area contributed by atoms with Crippen LogP contribution < -0.4 is 4.90 Å². The number of carbonyl (C=O) groups excluding carboxylic acids is 3. The number of anilines is 1. The summed E-state index contributed by atoms with van der Waals surface area (Å²) in [5.41, 5.74) is 2.45. The molecule has 3 amide bonds. The SMILES string of the molecule is Cc1cc(N2C(=O)c3ccccc3C2=O)ccc1C(=O)N1CCCO1. The Balaban J connectivity index is 1.67. The first kappa shape index (κ1) is 15.5. The predicted molar refractivity (Wildman–Crippen MR) is 90.4 cm³/mol. The summed E-state index contributed by atoms with van der Waals surface area (Å²) in [7, 11) is 0. The third-order valence-electron chi connectivity index (χ3n) is 4.47. The molecule has 0 N–H and O–H groups in total.